The van der Waals surface area contributed by atoms with Gasteiger partial charge in [-0.1, -0.05) is 0 Å². The molecule has 3 rings (SSSR count). The molecule has 1 aromatic rings. The zero-order chi connectivity index (χ0) is 12.4. The van der Waals surface area contributed by atoms with Gasteiger partial charge in [-0.15, -0.1) is 0 Å². The summed E-state index contributed by atoms with van der Waals surface area (Å²) in [5, 5.41) is 0. The monoisotopic (exact) mass is 249 g/mol. The molecule has 0 aromatic carbocycles. The van der Waals surface area contributed by atoms with Crippen molar-refractivity contribution in [1.29, 1.82) is 0 Å². The highest BCUT2D eigenvalue weighted by Gasteiger charge is 2.22. The van der Waals surface area contributed by atoms with Crippen molar-refractivity contribution in [3.05, 3.63) is 17.6 Å². The molecular formula is C13H19N3O2. The summed E-state index contributed by atoms with van der Waals surface area (Å²) in [5.41, 5.74) is 1.13. The second-order valence-electron chi connectivity index (χ2n) is 4.86. The Morgan fingerprint density at radius 2 is 2.00 bits per heavy atom. The fraction of sp³-hybridized carbons (Fsp3) is 0.692. The minimum Gasteiger partial charge on any atom is -0.381 e. The fourth-order valence-electron chi connectivity index (χ4n) is 2.51. The Kier molecular flexibility index (Phi) is 3.43. The van der Waals surface area contributed by atoms with Crippen molar-refractivity contribution in [2.45, 2.75) is 19.3 Å². The van der Waals surface area contributed by atoms with E-state index >= 15 is 0 Å². The Morgan fingerprint density at radius 3 is 2.72 bits per heavy atom. The van der Waals surface area contributed by atoms with Crippen LogP contribution < -0.4 is 4.90 Å². The van der Waals surface area contributed by atoms with Crippen molar-refractivity contribution in [3.63, 3.8) is 0 Å². The molecule has 2 aliphatic heterocycles. The van der Waals surface area contributed by atoms with Gasteiger partial charge >= 0.3 is 0 Å². The van der Waals surface area contributed by atoms with E-state index in [0.717, 1.165) is 63.3 Å². The van der Waals surface area contributed by atoms with Crippen LogP contribution in [0, 0.1) is 6.92 Å². The van der Waals surface area contributed by atoms with Gasteiger partial charge in [-0.2, -0.15) is 0 Å². The zero-order valence-corrected chi connectivity index (χ0v) is 10.8. The van der Waals surface area contributed by atoms with Crippen LogP contribution in [0.3, 0.4) is 0 Å². The molecule has 0 aliphatic carbocycles. The maximum absolute atomic E-state index is 5.44. The standard InChI is InChI=1S/C13H19N3O2/c1-10-14-12(11-2-5-18-9-11)8-13(15-10)16-3-6-17-7-4-16/h8,11H,2-7,9H2,1H3/t11-/m1/s1. The summed E-state index contributed by atoms with van der Waals surface area (Å²) in [4.78, 5) is 11.4. The molecule has 0 unspecified atom stereocenters. The van der Waals surface area contributed by atoms with Crippen molar-refractivity contribution in [2.75, 3.05) is 44.4 Å². The van der Waals surface area contributed by atoms with Crippen LogP contribution in [0.25, 0.3) is 0 Å². The third-order valence-corrected chi connectivity index (χ3v) is 3.53. The summed E-state index contributed by atoms with van der Waals surface area (Å²) in [6.07, 6.45) is 1.07. The second kappa shape index (κ2) is 5.20. The molecule has 1 aromatic heterocycles. The van der Waals surface area contributed by atoms with Crippen LogP contribution in [0.5, 0.6) is 0 Å². The number of hydrogen-bond acceptors (Lipinski definition) is 5. The van der Waals surface area contributed by atoms with Gasteiger partial charge in [0, 0.05) is 31.7 Å². The smallest absolute Gasteiger partial charge is 0.132 e. The number of nitrogens with zero attached hydrogens (tertiary/aromatic N) is 3. The van der Waals surface area contributed by atoms with E-state index in [2.05, 4.69) is 20.9 Å². The molecule has 0 saturated carbocycles. The molecule has 2 fully saturated rings. The molecule has 5 heteroatoms. The highest BCUT2D eigenvalue weighted by atomic mass is 16.5. The van der Waals surface area contributed by atoms with Crippen molar-refractivity contribution >= 4 is 5.82 Å². The van der Waals surface area contributed by atoms with Crippen LogP contribution in [0.2, 0.25) is 0 Å². The maximum Gasteiger partial charge on any atom is 0.132 e. The summed E-state index contributed by atoms with van der Waals surface area (Å²) in [6, 6.07) is 2.12. The van der Waals surface area contributed by atoms with Gasteiger partial charge in [0.25, 0.3) is 0 Å². The van der Waals surface area contributed by atoms with Gasteiger partial charge < -0.3 is 14.4 Å². The number of hydrogen-bond donors (Lipinski definition) is 0. The Morgan fingerprint density at radius 1 is 1.17 bits per heavy atom. The van der Waals surface area contributed by atoms with Crippen molar-refractivity contribution in [3.8, 4) is 0 Å². The van der Waals surface area contributed by atoms with E-state index in [1.165, 1.54) is 0 Å². The summed E-state index contributed by atoms with van der Waals surface area (Å²) in [5.74, 6) is 2.32. The first-order valence-electron chi connectivity index (χ1n) is 6.59. The van der Waals surface area contributed by atoms with Gasteiger partial charge in [0.2, 0.25) is 0 Å². The van der Waals surface area contributed by atoms with E-state index in [0.29, 0.717) is 5.92 Å². The summed E-state index contributed by atoms with van der Waals surface area (Å²) in [6.45, 7) is 6.99. The summed E-state index contributed by atoms with van der Waals surface area (Å²) < 4.78 is 10.8. The molecule has 0 radical (unpaired) electrons. The SMILES string of the molecule is Cc1nc([C@@H]2CCOC2)cc(N2CCOCC2)n1. The molecule has 0 N–H and O–H groups in total. The lowest BCUT2D eigenvalue weighted by molar-refractivity contribution is 0.122. The van der Waals surface area contributed by atoms with Crippen LogP contribution in [-0.2, 0) is 9.47 Å². The van der Waals surface area contributed by atoms with E-state index in [-0.39, 0.29) is 0 Å². The number of rotatable bonds is 2. The van der Waals surface area contributed by atoms with Crippen molar-refractivity contribution in [1.82, 2.24) is 9.97 Å². The van der Waals surface area contributed by atoms with E-state index in [9.17, 15) is 0 Å². The molecule has 5 nitrogen and oxygen atoms in total. The molecule has 18 heavy (non-hydrogen) atoms. The van der Waals surface area contributed by atoms with Crippen LogP contribution in [-0.4, -0.2) is 49.5 Å². The highest BCUT2D eigenvalue weighted by Crippen LogP contribution is 2.26. The number of aromatic nitrogens is 2. The molecule has 1 atom stereocenters. The molecule has 3 heterocycles. The van der Waals surface area contributed by atoms with E-state index in [1.807, 2.05) is 6.92 Å². The Bertz CT molecular complexity index is 413. The minimum atomic E-state index is 0.437. The van der Waals surface area contributed by atoms with Gasteiger partial charge in [-0.25, -0.2) is 9.97 Å². The maximum atomic E-state index is 5.44. The number of morpholine rings is 1. The lowest BCUT2D eigenvalue weighted by Crippen LogP contribution is -2.37. The number of anilines is 1. The van der Waals surface area contributed by atoms with Gasteiger partial charge in [-0.3, -0.25) is 0 Å². The van der Waals surface area contributed by atoms with Crippen LogP contribution in [0.4, 0.5) is 5.82 Å². The van der Waals surface area contributed by atoms with Gasteiger partial charge in [-0.05, 0) is 13.3 Å². The Hall–Kier alpha value is -1.20. The second-order valence-corrected chi connectivity index (χ2v) is 4.86. The van der Waals surface area contributed by atoms with E-state index < -0.39 is 0 Å². The number of ether oxygens (including phenoxy) is 2. The third-order valence-electron chi connectivity index (χ3n) is 3.53. The fourth-order valence-corrected chi connectivity index (χ4v) is 2.51. The third kappa shape index (κ3) is 2.47. The first kappa shape index (κ1) is 11.9. The van der Waals surface area contributed by atoms with E-state index in [4.69, 9.17) is 9.47 Å². The highest BCUT2D eigenvalue weighted by molar-refractivity contribution is 5.41. The quantitative estimate of drug-likeness (QED) is 0.786. The van der Waals surface area contributed by atoms with E-state index in [1.54, 1.807) is 0 Å². The lowest BCUT2D eigenvalue weighted by atomic mass is 10.0. The Labute approximate surface area is 107 Å². The molecule has 2 aliphatic rings. The van der Waals surface area contributed by atoms with Gasteiger partial charge in [0.1, 0.15) is 11.6 Å². The topological polar surface area (TPSA) is 47.5 Å². The Balaban J connectivity index is 1.84. The number of aryl methyl sites for hydroxylation is 1. The molecule has 0 spiro atoms. The molecule has 98 valence electrons. The van der Waals surface area contributed by atoms with Crippen LogP contribution >= 0.6 is 0 Å². The average molecular weight is 249 g/mol. The largest absolute Gasteiger partial charge is 0.381 e. The molecule has 0 amide bonds. The van der Waals surface area contributed by atoms with Gasteiger partial charge in [0.15, 0.2) is 0 Å². The molecule has 0 bridgehead atoms. The predicted octanol–water partition coefficient (Wildman–Crippen LogP) is 1.13. The normalized spacial score (nSPS) is 24.5. The van der Waals surface area contributed by atoms with Crippen molar-refractivity contribution in [2.24, 2.45) is 0 Å². The minimum absolute atomic E-state index is 0.437. The van der Waals surface area contributed by atoms with Crippen LogP contribution in [0.15, 0.2) is 6.07 Å². The summed E-state index contributed by atoms with van der Waals surface area (Å²) in [7, 11) is 0. The predicted molar refractivity (Wildman–Crippen MR) is 68.0 cm³/mol. The summed E-state index contributed by atoms with van der Waals surface area (Å²) >= 11 is 0. The lowest BCUT2D eigenvalue weighted by Gasteiger charge is -2.28. The first-order chi connectivity index (χ1) is 8.83. The first-order valence-corrected chi connectivity index (χ1v) is 6.59. The molecular weight excluding hydrogens is 230 g/mol. The van der Waals surface area contributed by atoms with Crippen molar-refractivity contribution < 1.29 is 9.47 Å². The average Bonchev–Trinajstić information content (AvgIpc) is 2.93. The molecule has 2 saturated heterocycles. The van der Waals surface area contributed by atoms with Gasteiger partial charge in [0.05, 0.1) is 25.5 Å². The van der Waals surface area contributed by atoms with Crippen LogP contribution in [0.1, 0.15) is 23.9 Å². The zero-order valence-electron chi connectivity index (χ0n) is 10.8.